The van der Waals surface area contributed by atoms with E-state index in [1.807, 2.05) is 12.1 Å². The predicted octanol–water partition coefficient (Wildman–Crippen LogP) is 1.58. The van der Waals surface area contributed by atoms with Crippen LogP contribution in [0.1, 0.15) is 26.7 Å². The van der Waals surface area contributed by atoms with Crippen LogP contribution in [0.3, 0.4) is 0 Å². The summed E-state index contributed by atoms with van der Waals surface area (Å²) in [7, 11) is 1.56. The molecular formula is C19H28N4O4. The second-order valence-electron chi connectivity index (χ2n) is 6.90. The number of methoxy groups -OCH3 is 1. The van der Waals surface area contributed by atoms with Crippen molar-refractivity contribution in [1.29, 1.82) is 0 Å². The van der Waals surface area contributed by atoms with Gasteiger partial charge in [0, 0.05) is 25.7 Å². The number of hydrogen-bond acceptors (Lipinski definition) is 4. The van der Waals surface area contributed by atoms with Gasteiger partial charge < -0.3 is 25.6 Å². The number of benzene rings is 1. The van der Waals surface area contributed by atoms with Crippen molar-refractivity contribution in [3.8, 4) is 5.75 Å². The summed E-state index contributed by atoms with van der Waals surface area (Å²) >= 11 is 0. The Bertz CT molecular complexity index is 669. The third-order valence-corrected chi connectivity index (χ3v) is 4.43. The van der Waals surface area contributed by atoms with Crippen LogP contribution < -0.4 is 20.7 Å². The third kappa shape index (κ3) is 6.16. The summed E-state index contributed by atoms with van der Waals surface area (Å²) in [4.78, 5) is 37.5. The fraction of sp³-hybridized carbons (Fsp3) is 0.526. The van der Waals surface area contributed by atoms with Gasteiger partial charge in [0.15, 0.2) is 0 Å². The van der Waals surface area contributed by atoms with Crippen LogP contribution in [0.25, 0.3) is 0 Å². The van der Waals surface area contributed by atoms with Crippen molar-refractivity contribution in [3.05, 3.63) is 24.3 Å². The van der Waals surface area contributed by atoms with E-state index in [0.29, 0.717) is 31.1 Å². The van der Waals surface area contributed by atoms with E-state index in [1.165, 1.54) is 0 Å². The molecule has 1 aliphatic heterocycles. The fourth-order valence-electron chi connectivity index (χ4n) is 2.93. The van der Waals surface area contributed by atoms with Crippen molar-refractivity contribution in [1.82, 2.24) is 15.5 Å². The Kier molecular flexibility index (Phi) is 7.45. The SMILES string of the molecule is COc1ccccc1NC(=O)N1CCC(CNC(=O)C(=O)NC(C)C)CC1. The number of nitrogens with one attached hydrogen (secondary N) is 3. The summed E-state index contributed by atoms with van der Waals surface area (Å²) in [5.74, 6) is -0.363. The van der Waals surface area contributed by atoms with Crippen molar-refractivity contribution in [2.45, 2.75) is 32.7 Å². The minimum absolute atomic E-state index is 0.0757. The van der Waals surface area contributed by atoms with Gasteiger partial charge in [0.1, 0.15) is 5.75 Å². The first-order valence-electron chi connectivity index (χ1n) is 9.18. The van der Waals surface area contributed by atoms with Crippen molar-refractivity contribution in [2.24, 2.45) is 5.92 Å². The second-order valence-corrected chi connectivity index (χ2v) is 6.90. The number of likely N-dealkylation sites (tertiary alicyclic amines) is 1. The molecule has 1 aromatic rings. The molecular weight excluding hydrogens is 348 g/mol. The van der Waals surface area contributed by atoms with Gasteiger partial charge in [0.2, 0.25) is 0 Å². The molecule has 0 saturated carbocycles. The molecule has 0 spiro atoms. The number of para-hydroxylation sites is 2. The van der Waals surface area contributed by atoms with Crippen LogP contribution in [-0.4, -0.2) is 55.5 Å². The zero-order valence-electron chi connectivity index (χ0n) is 16.1. The van der Waals surface area contributed by atoms with E-state index in [4.69, 9.17) is 4.74 Å². The number of carbonyl (C=O) groups is 3. The topological polar surface area (TPSA) is 99.8 Å². The lowest BCUT2D eigenvalue weighted by atomic mass is 9.97. The monoisotopic (exact) mass is 376 g/mol. The zero-order chi connectivity index (χ0) is 19.8. The molecule has 3 N–H and O–H groups in total. The summed E-state index contributed by atoms with van der Waals surface area (Å²) in [6.45, 7) is 5.24. The van der Waals surface area contributed by atoms with Crippen LogP contribution >= 0.6 is 0 Å². The first-order valence-corrected chi connectivity index (χ1v) is 9.18. The van der Waals surface area contributed by atoms with Gasteiger partial charge in [-0.1, -0.05) is 12.1 Å². The predicted molar refractivity (Wildman–Crippen MR) is 103 cm³/mol. The zero-order valence-corrected chi connectivity index (χ0v) is 16.1. The lowest BCUT2D eigenvalue weighted by Gasteiger charge is -2.32. The number of urea groups is 1. The van der Waals surface area contributed by atoms with E-state index in [9.17, 15) is 14.4 Å². The van der Waals surface area contributed by atoms with Crippen molar-refractivity contribution in [2.75, 3.05) is 32.1 Å². The number of carbonyl (C=O) groups excluding carboxylic acids is 3. The first kappa shape index (κ1) is 20.5. The van der Waals surface area contributed by atoms with Gasteiger partial charge >= 0.3 is 17.8 Å². The highest BCUT2D eigenvalue weighted by atomic mass is 16.5. The van der Waals surface area contributed by atoms with E-state index in [-0.39, 0.29) is 18.0 Å². The molecule has 1 saturated heterocycles. The molecule has 4 amide bonds. The highest BCUT2D eigenvalue weighted by Gasteiger charge is 2.24. The standard InChI is InChI=1S/C19H28N4O4/c1-13(2)21-18(25)17(24)20-12-14-8-10-23(11-9-14)19(26)22-15-6-4-5-7-16(15)27-3/h4-7,13-14H,8-12H2,1-3H3,(H,20,24)(H,21,25)(H,22,26). The van der Waals surface area contributed by atoms with E-state index in [1.54, 1.807) is 38.0 Å². The number of ether oxygens (including phenoxy) is 1. The number of hydrogen-bond donors (Lipinski definition) is 3. The summed E-state index contributed by atoms with van der Waals surface area (Å²) in [6.07, 6.45) is 1.54. The smallest absolute Gasteiger partial charge is 0.321 e. The summed E-state index contributed by atoms with van der Waals surface area (Å²) < 4.78 is 5.24. The average molecular weight is 376 g/mol. The maximum Gasteiger partial charge on any atom is 0.321 e. The van der Waals surface area contributed by atoms with Gasteiger partial charge in [-0.05, 0) is 44.7 Å². The van der Waals surface area contributed by atoms with Crippen molar-refractivity contribution < 1.29 is 19.1 Å². The van der Waals surface area contributed by atoms with Crippen LogP contribution in [-0.2, 0) is 9.59 Å². The quantitative estimate of drug-likeness (QED) is 0.679. The Hall–Kier alpha value is -2.77. The van der Waals surface area contributed by atoms with Gasteiger partial charge in [-0.2, -0.15) is 0 Å². The number of rotatable bonds is 5. The molecule has 1 heterocycles. The molecule has 27 heavy (non-hydrogen) atoms. The number of nitrogens with zero attached hydrogens (tertiary/aromatic N) is 1. The average Bonchev–Trinajstić information content (AvgIpc) is 2.66. The van der Waals surface area contributed by atoms with Crippen molar-refractivity contribution in [3.63, 3.8) is 0 Å². The molecule has 0 atom stereocenters. The Labute approximate surface area is 159 Å². The van der Waals surface area contributed by atoms with E-state index >= 15 is 0 Å². The molecule has 148 valence electrons. The molecule has 8 heteroatoms. The summed E-state index contributed by atoms with van der Waals surface area (Å²) in [6, 6.07) is 7.02. The summed E-state index contributed by atoms with van der Waals surface area (Å²) in [5.41, 5.74) is 0.635. The van der Waals surface area contributed by atoms with Crippen LogP contribution in [0.2, 0.25) is 0 Å². The Morgan fingerprint density at radius 3 is 2.44 bits per heavy atom. The van der Waals surface area contributed by atoms with Gasteiger partial charge in [-0.15, -0.1) is 0 Å². The molecule has 0 unspecified atom stereocenters. The molecule has 0 radical (unpaired) electrons. The molecule has 8 nitrogen and oxygen atoms in total. The normalized spacial score (nSPS) is 14.6. The minimum Gasteiger partial charge on any atom is -0.495 e. The van der Waals surface area contributed by atoms with Crippen LogP contribution in [0.4, 0.5) is 10.5 Å². The third-order valence-electron chi connectivity index (χ3n) is 4.43. The maximum atomic E-state index is 12.4. The first-order chi connectivity index (χ1) is 12.9. The Morgan fingerprint density at radius 1 is 1.15 bits per heavy atom. The summed E-state index contributed by atoms with van der Waals surface area (Å²) in [5, 5.41) is 8.10. The highest BCUT2D eigenvalue weighted by molar-refractivity contribution is 6.35. The molecule has 1 fully saturated rings. The van der Waals surface area contributed by atoms with E-state index < -0.39 is 11.8 Å². The van der Waals surface area contributed by atoms with E-state index in [2.05, 4.69) is 16.0 Å². The Balaban J connectivity index is 1.75. The van der Waals surface area contributed by atoms with Crippen LogP contribution in [0.15, 0.2) is 24.3 Å². The van der Waals surface area contributed by atoms with Crippen LogP contribution in [0.5, 0.6) is 5.75 Å². The molecule has 0 aliphatic carbocycles. The molecule has 1 aliphatic rings. The number of anilines is 1. The van der Waals surface area contributed by atoms with Gasteiger partial charge in [0.25, 0.3) is 0 Å². The molecule has 0 aromatic heterocycles. The lowest BCUT2D eigenvalue weighted by Crippen LogP contribution is -2.46. The molecule has 1 aromatic carbocycles. The van der Waals surface area contributed by atoms with Crippen molar-refractivity contribution >= 4 is 23.5 Å². The second kappa shape index (κ2) is 9.80. The minimum atomic E-state index is -0.612. The fourth-order valence-corrected chi connectivity index (χ4v) is 2.93. The maximum absolute atomic E-state index is 12.4. The van der Waals surface area contributed by atoms with Gasteiger partial charge in [0.05, 0.1) is 12.8 Å². The van der Waals surface area contributed by atoms with Gasteiger partial charge in [-0.25, -0.2) is 4.79 Å². The van der Waals surface area contributed by atoms with Crippen LogP contribution in [0, 0.1) is 5.92 Å². The largest absolute Gasteiger partial charge is 0.495 e. The molecule has 0 bridgehead atoms. The lowest BCUT2D eigenvalue weighted by molar-refractivity contribution is -0.139. The highest BCUT2D eigenvalue weighted by Crippen LogP contribution is 2.24. The van der Waals surface area contributed by atoms with E-state index in [0.717, 1.165) is 12.8 Å². The Morgan fingerprint density at radius 2 is 1.81 bits per heavy atom. The van der Waals surface area contributed by atoms with Gasteiger partial charge in [-0.3, -0.25) is 9.59 Å². The number of piperidine rings is 1. The molecule has 2 rings (SSSR count). The number of amides is 4.